The van der Waals surface area contributed by atoms with Gasteiger partial charge in [-0.15, -0.1) is 0 Å². The number of nitrogens with two attached hydrogens (primary N) is 2. The Kier molecular flexibility index (Phi) is 11.0. The molecule has 0 bridgehead atoms. The minimum atomic E-state index is -1.56. The lowest BCUT2D eigenvalue weighted by Crippen LogP contribution is -2.56. The number of carbonyl (C=O) groups is 6. The molecular weight excluding hydrogens is 402 g/mol. The first kappa shape index (κ1) is 26.8. The second kappa shape index (κ2) is 12.4. The quantitative estimate of drug-likeness (QED) is 0.160. The number of primary amides is 1. The minimum Gasteiger partial charge on any atom is -0.481 e. The van der Waals surface area contributed by atoms with E-state index in [9.17, 15) is 28.8 Å². The highest BCUT2D eigenvalue weighted by Gasteiger charge is 2.29. The maximum absolute atomic E-state index is 12.5. The molecule has 0 fully saturated rings. The molecule has 0 saturated heterocycles. The van der Waals surface area contributed by atoms with Crippen molar-refractivity contribution in [3.05, 3.63) is 0 Å². The largest absolute Gasteiger partial charge is 0.481 e. The third-order valence-electron chi connectivity index (χ3n) is 3.84. The van der Waals surface area contributed by atoms with E-state index in [1.807, 2.05) is 0 Å². The molecule has 0 aliphatic carbocycles. The second-order valence-corrected chi connectivity index (χ2v) is 7.20. The van der Waals surface area contributed by atoms with Gasteiger partial charge in [-0.2, -0.15) is 0 Å². The van der Waals surface area contributed by atoms with Crippen molar-refractivity contribution in [2.75, 3.05) is 0 Å². The maximum Gasteiger partial charge on any atom is 0.326 e. The molecule has 0 radical (unpaired) electrons. The average Bonchev–Trinajstić information content (AvgIpc) is 2.58. The van der Waals surface area contributed by atoms with Crippen molar-refractivity contribution in [2.24, 2.45) is 17.4 Å². The zero-order valence-electron chi connectivity index (χ0n) is 17.0. The van der Waals surface area contributed by atoms with E-state index in [1.165, 1.54) is 6.92 Å². The topological polar surface area (TPSA) is 231 Å². The summed E-state index contributed by atoms with van der Waals surface area (Å²) in [6.45, 7) is 4.84. The summed E-state index contributed by atoms with van der Waals surface area (Å²) >= 11 is 0. The number of hydrogen-bond acceptors (Lipinski definition) is 7. The van der Waals surface area contributed by atoms with E-state index < -0.39 is 72.6 Å². The standard InChI is InChI=1S/C17H29N5O8/c1-7(2)4-10(21-15(27)9(18)5-13(24)25)16(28)20-8(3)14(26)22-11(17(29)30)6-12(19)23/h7-11H,4-6,18H2,1-3H3,(H2,19,23)(H,20,28)(H,21,27)(H,22,26)(H,24,25)(H,29,30). The Morgan fingerprint density at radius 2 is 1.33 bits per heavy atom. The molecule has 4 amide bonds. The van der Waals surface area contributed by atoms with Crippen LogP contribution in [0.15, 0.2) is 0 Å². The average molecular weight is 431 g/mol. The van der Waals surface area contributed by atoms with Crippen molar-refractivity contribution in [2.45, 2.75) is 64.2 Å². The first-order valence-corrected chi connectivity index (χ1v) is 9.14. The molecule has 0 aromatic rings. The van der Waals surface area contributed by atoms with Gasteiger partial charge in [0, 0.05) is 0 Å². The molecule has 0 aliphatic rings. The van der Waals surface area contributed by atoms with Gasteiger partial charge in [-0.05, 0) is 19.3 Å². The highest BCUT2D eigenvalue weighted by Crippen LogP contribution is 2.06. The van der Waals surface area contributed by atoms with Crippen molar-refractivity contribution >= 4 is 35.6 Å². The molecule has 4 unspecified atom stereocenters. The lowest BCUT2D eigenvalue weighted by Gasteiger charge is -2.24. The van der Waals surface area contributed by atoms with Crippen LogP contribution >= 0.6 is 0 Å². The molecule has 0 spiro atoms. The molecule has 0 heterocycles. The molecule has 0 aromatic heterocycles. The van der Waals surface area contributed by atoms with E-state index in [0.29, 0.717) is 0 Å². The zero-order valence-corrected chi connectivity index (χ0v) is 17.0. The molecule has 0 rings (SSSR count). The molecular formula is C17H29N5O8. The highest BCUT2D eigenvalue weighted by molar-refractivity contribution is 5.95. The summed E-state index contributed by atoms with van der Waals surface area (Å²) in [5.74, 6) is -6.21. The number of rotatable bonds is 13. The van der Waals surface area contributed by atoms with Gasteiger partial charge in [0.15, 0.2) is 0 Å². The number of carboxylic acids is 2. The van der Waals surface area contributed by atoms with Gasteiger partial charge < -0.3 is 37.6 Å². The van der Waals surface area contributed by atoms with E-state index in [0.717, 1.165) is 0 Å². The fourth-order valence-corrected chi connectivity index (χ4v) is 2.34. The summed E-state index contributed by atoms with van der Waals surface area (Å²) in [5.41, 5.74) is 10.4. The molecule has 13 nitrogen and oxygen atoms in total. The van der Waals surface area contributed by atoms with Crippen LogP contribution in [0.4, 0.5) is 0 Å². The SMILES string of the molecule is CC(C)CC(NC(=O)C(N)CC(=O)O)C(=O)NC(C)C(=O)NC(CC(N)=O)C(=O)O. The van der Waals surface area contributed by atoms with Gasteiger partial charge >= 0.3 is 11.9 Å². The lowest BCUT2D eigenvalue weighted by molar-refractivity contribution is -0.143. The molecule has 0 aromatic carbocycles. The van der Waals surface area contributed by atoms with Gasteiger partial charge in [0.2, 0.25) is 23.6 Å². The number of carbonyl (C=O) groups excluding carboxylic acids is 4. The van der Waals surface area contributed by atoms with Gasteiger partial charge in [0.05, 0.1) is 18.9 Å². The van der Waals surface area contributed by atoms with Crippen molar-refractivity contribution in [3.8, 4) is 0 Å². The van der Waals surface area contributed by atoms with Crippen molar-refractivity contribution in [1.82, 2.24) is 16.0 Å². The lowest BCUT2D eigenvalue weighted by atomic mass is 10.0. The molecule has 30 heavy (non-hydrogen) atoms. The van der Waals surface area contributed by atoms with Gasteiger partial charge in [0.1, 0.15) is 18.1 Å². The first-order chi connectivity index (χ1) is 13.7. The molecule has 13 heteroatoms. The third-order valence-corrected chi connectivity index (χ3v) is 3.84. The number of carboxylic acid groups (broad SMARTS) is 2. The van der Waals surface area contributed by atoms with Crippen LogP contribution in [-0.4, -0.2) is 69.9 Å². The van der Waals surface area contributed by atoms with Crippen molar-refractivity contribution in [3.63, 3.8) is 0 Å². The number of aliphatic carboxylic acids is 2. The fraction of sp³-hybridized carbons (Fsp3) is 0.647. The summed E-state index contributed by atoms with van der Waals surface area (Å²) in [6, 6.07) is -5.23. The van der Waals surface area contributed by atoms with Gasteiger partial charge in [-0.1, -0.05) is 13.8 Å². The fourth-order valence-electron chi connectivity index (χ4n) is 2.34. The summed E-state index contributed by atoms with van der Waals surface area (Å²) < 4.78 is 0. The molecule has 0 aliphatic heterocycles. The number of nitrogens with one attached hydrogen (secondary N) is 3. The van der Waals surface area contributed by atoms with E-state index in [1.54, 1.807) is 13.8 Å². The number of hydrogen-bond donors (Lipinski definition) is 7. The third kappa shape index (κ3) is 10.4. The van der Waals surface area contributed by atoms with E-state index >= 15 is 0 Å². The highest BCUT2D eigenvalue weighted by atomic mass is 16.4. The smallest absolute Gasteiger partial charge is 0.326 e. The predicted molar refractivity (Wildman–Crippen MR) is 103 cm³/mol. The van der Waals surface area contributed by atoms with Crippen LogP contribution in [0.3, 0.4) is 0 Å². The summed E-state index contributed by atoms with van der Waals surface area (Å²) in [4.78, 5) is 69.4. The monoisotopic (exact) mass is 431 g/mol. The van der Waals surface area contributed by atoms with Crippen LogP contribution in [0.1, 0.15) is 40.0 Å². The normalized spacial score (nSPS) is 14.7. The van der Waals surface area contributed by atoms with Crippen LogP contribution in [0, 0.1) is 5.92 Å². The Bertz CT molecular complexity index is 681. The predicted octanol–water partition coefficient (Wildman–Crippen LogP) is -2.73. The van der Waals surface area contributed by atoms with Crippen LogP contribution in [0.2, 0.25) is 0 Å². The van der Waals surface area contributed by atoms with E-state index in [-0.39, 0.29) is 12.3 Å². The molecule has 4 atom stereocenters. The molecule has 9 N–H and O–H groups in total. The number of amides is 4. The Labute approximate surface area is 172 Å². The van der Waals surface area contributed by atoms with Gasteiger partial charge in [-0.25, -0.2) is 4.79 Å². The van der Waals surface area contributed by atoms with Crippen LogP contribution in [0.5, 0.6) is 0 Å². The van der Waals surface area contributed by atoms with Gasteiger partial charge in [-0.3, -0.25) is 24.0 Å². The second-order valence-electron chi connectivity index (χ2n) is 7.20. The van der Waals surface area contributed by atoms with Gasteiger partial charge in [0.25, 0.3) is 0 Å². The van der Waals surface area contributed by atoms with Crippen LogP contribution < -0.4 is 27.4 Å². The zero-order chi connectivity index (χ0) is 23.6. The van der Waals surface area contributed by atoms with E-state index in [4.69, 9.17) is 21.7 Å². The maximum atomic E-state index is 12.5. The van der Waals surface area contributed by atoms with E-state index in [2.05, 4.69) is 16.0 Å². The van der Waals surface area contributed by atoms with Crippen molar-refractivity contribution in [1.29, 1.82) is 0 Å². The Hall–Kier alpha value is -3.22. The first-order valence-electron chi connectivity index (χ1n) is 9.14. The summed E-state index contributed by atoms with van der Waals surface area (Å²) in [6.07, 6.45) is -1.09. The summed E-state index contributed by atoms with van der Waals surface area (Å²) in [7, 11) is 0. The Balaban J connectivity index is 5.09. The van der Waals surface area contributed by atoms with Crippen LogP contribution in [0.25, 0.3) is 0 Å². The Morgan fingerprint density at radius 3 is 1.77 bits per heavy atom. The molecule has 0 saturated carbocycles. The van der Waals surface area contributed by atoms with Crippen LogP contribution in [-0.2, 0) is 28.8 Å². The van der Waals surface area contributed by atoms with Crippen molar-refractivity contribution < 1.29 is 39.0 Å². The Morgan fingerprint density at radius 1 is 0.800 bits per heavy atom. The molecule has 170 valence electrons. The summed E-state index contributed by atoms with van der Waals surface area (Å²) in [5, 5.41) is 24.5. The minimum absolute atomic E-state index is 0.0483.